The summed E-state index contributed by atoms with van der Waals surface area (Å²) in [7, 11) is 0. The third kappa shape index (κ3) is 1.39. The normalized spacial score (nSPS) is 24.8. The minimum atomic E-state index is -0.696. The standard InChI is InChI=1S/C6H4N6S3/c1-4(9-12-14-1)6(7-2-15-11-6)5-10-8-3-13-5/h1-3,11H. The van der Waals surface area contributed by atoms with Gasteiger partial charge < -0.3 is 0 Å². The number of nitrogens with zero attached hydrogens (tertiary/aromatic N) is 5. The summed E-state index contributed by atoms with van der Waals surface area (Å²) in [6.45, 7) is 0. The van der Waals surface area contributed by atoms with Gasteiger partial charge in [0.2, 0.25) is 5.66 Å². The molecule has 0 fully saturated rings. The molecule has 3 rings (SSSR count). The van der Waals surface area contributed by atoms with Gasteiger partial charge in [-0.3, -0.25) is 0 Å². The largest absolute Gasteiger partial charge is 0.248 e. The van der Waals surface area contributed by atoms with Crippen LogP contribution in [-0.2, 0) is 5.66 Å². The predicted octanol–water partition coefficient (Wildman–Crippen LogP) is 0.870. The molecule has 1 N–H and O–H groups in total. The van der Waals surface area contributed by atoms with E-state index < -0.39 is 5.66 Å². The van der Waals surface area contributed by atoms with Crippen molar-refractivity contribution in [2.24, 2.45) is 4.99 Å². The molecule has 0 amide bonds. The quantitative estimate of drug-likeness (QED) is 0.804. The Hall–Kier alpha value is -0.900. The van der Waals surface area contributed by atoms with E-state index in [0.717, 1.165) is 10.7 Å². The second-order valence-corrected chi connectivity index (χ2v) is 4.79. The third-order valence-electron chi connectivity index (χ3n) is 1.91. The summed E-state index contributed by atoms with van der Waals surface area (Å²) in [5.41, 5.74) is 3.47. The molecule has 2 aromatic rings. The molecule has 6 nitrogen and oxygen atoms in total. The van der Waals surface area contributed by atoms with Crippen LogP contribution in [0.25, 0.3) is 0 Å². The first-order chi connectivity index (χ1) is 7.42. The number of hydrogen-bond acceptors (Lipinski definition) is 9. The number of aliphatic imine (C=N–C) groups is 1. The molecular formula is C6H4N6S3. The summed E-state index contributed by atoms with van der Waals surface area (Å²) in [6, 6.07) is 0. The zero-order valence-corrected chi connectivity index (χ0v) is 9.64. The van der Waals surface area contributed by atoms with Gasteiger partial charge in [-0.15, -0.1) is 26.6 Å². The Bertz CT molecular complexity index is 429. The average Bonchev–Trinajstić information content (AvgIpc) is 3.02. The summed E-state index contributed by atoms with van der Waals surface area (Å²) < 4.78 is 7.03. The van der Waals surface area contributed by atoms with Gasteiger partial charge in [0, 0.05) is 5.38 Å². The molecule has 9 heteroatoms. The van der Waals surface area contributed by atoms with Crippen molar-refractivity contribution in [2.75, 3.05) is 0 Å². The van der Waals surface area contributed by atoms with Crippen LogP contribution < -0.4 is 4.72 Å². The highest BCUT2D eigenvalue weighted by molar-refractivity contribution is 8.10. The molecule has 0 saturated heterocycles. The van der Waals surface area contributed by atoms with Crippen molar-refractivity contribution in [3.8, 4) is 0 Å². The lowest BCUT2D eigenvalue weighted by Crippen LogP contribution is -2.35. The fourth-order valence-electron chi connectivity index (χ4n) is 1.22. The van der Waals surface area contributed by atoms with Crippen LogP contribution in [0, 0.1) is 0 Å². The van der Waals surface area contributed by atoms with Crippen LogP contribution in [0.3, 0.4) is 0 Å². The zero-order valence-electron chi connectivity index (χ0n) is 7.19. The molecule has 15 heavy (non-hydrogen) atoms. The monoisotopic (exact) mass is 256 g/mol. The first-order valence-electron chi connectivity index (χ1n) is 3.92. The van der Waals surface area contributed by atoms with Gasteiger partial charge in [0.05, 0.1) is 5.55 Å². The minimum absolute atomic E-state index is 0.696. The van der Waals surface area contributed by atoms with Crippen LogP contribution in [-0.4, -0.2) is 25.3 Å². The van der Waals surface area contributed by atoms with E-state index >= 15 is 0 Å². The number of rotatable bonds is 2. The Kier molecular flexibility index (Phi) is 2.24. The van der Waals surface area contributed by atoms with E-state index in [9.17, 15) is 0 Å². The van der Waals surface area contributed by atoms with Gasteiger partial charge in [0.1, 0.15) is 11.2 Å². The topological polar surface area (TPSA) is 76.0 Å². The van der Waals surface area contributed by atoms with Crippen molar-refractivity contribution in [3.63, 3.8) is 0 Å². The van der Waals surface area contributed by atoms with E-state index in [-0.39, 0.29) is 0 Å². The average molecular weight is 256 g/mol. The highest BCUT2D eigenvalue weighted by Crippen LogP contribution is 2.35. The van der Waals surface area contributed by atoms with Crippen molar-refractivity contribution in [2.45, 2.75) is 5.66 Å². The molecule has 1 aliphatic rings. The van der Waals surface area contributed by atoms with E-state index in [1.165, 1.54) is 34.8 Å². The van der Waals surface area contributed by atoms with Crippen LogP contribution in [0.1, 0.15) is 10.7 Å². The lowest BCUT2D eigenvalue weighted by Gasteiger charge is -2.19. The van der Waals surface area contributed by atoms with Crippen LogP contribution in [0.2, 0.25) is 0 Å². The molecule has 76 valence electrons. The molecule has 0 bridgehead atoms. The molecule has 1 atom stereocenters. The van der Waals surface area contributed by atoms with Crippen LogP contribution >= 0.6 is 34.8 Å². The zero-order chi connectivity index (χ0) is 10.1. The van der Waals surface area contributed by atoms with Crippen molar-refractivity contribution in [1.82, 2.24) is 24.5 Å². The summed E-state index contributed by atoms with van der Waals surface area (Å²) >= 11 is 4.15. The third-order valence-corrected chi connectivity index (χ3v) is 3.83. The first-order valence-corrected chi connectivity index (χ1v) is 6.52. The Balaban J connectivity index is 2.15. The van der Waals surface area contributed by atoms with Crippen LogP contribution in [0.5, 0.6) is 0 Å². The molecule has 0 aliphatic carbocycles. The molecule has 0 saturated carbocycles. The Morgan fingerprint density at radius 1 is 1.33 bits per heavy atom. The fourth-order valence-corrected chi connectivity index (χ4v) is 3.14. The molecule has 0 radical (unpaired) electrons. The molecule has 1 unspecified atom stereocenters. The smallest absolute Gasteiger partial charge is 0.219 e. The van der Waals surface area contributed by atoms with Gasteiger partial charge in [-0.25, -0.2) is 9.71 Å². The second-order valence-electron chi connectivity index (χ2n) is 2.70. The van der Waals surface area contributed by atoms with E-state index in [2.05, 4.69) is 29.5 Å². The molecular weight excluding hydrogens is 252 g/mol. The number of aromatic nitrogens is 4. The Morgan fingerprint density at radius 3 is 2.93 bits per heavy atom. The maximum Gasteiger partial charge on any atom is 0.219 e. The maximum atomic E-state index is 4.39. The first kappa shape index (κ1) is 9.33. The van der Waals surface area contributed by atoms with Crippen LogP contribution in [0.4, 0.5) is 0 Å². The number of nitrogens with one attached hydrogen (secondary N) is 1. The van der Waals surface area contributed by atoms with E-state index in [1.807, 2.05) is 5.38 Å². The Labute approximate surface area is 97.2 Å². The van der Waals surface area contributed by atoms with Crippen molar-refractivity contribution < 1.29 is 0 Å². The van der Waals surface area contributed by atoms with Gasteiger partial charge in [-0.2, -0.15) is 0 Å². The van der Waals surface area contributed by atoms with Gasteiger partial charge in [-0.05, 0) is 23.5 Å². The SMILES string of the molecule is C1=NC(c2csnn2)(c2nncs2)NS1. The summed E-state index contributed by atoms with van der Waals surface area (Å²) in [5.74, 6) is 0. The van der Waals surface area contributed by atoms with Gasteiger partial charge in [0.15, 0.2) is 5.01 Å². The minimum Gasteiger partial charge on any atom is -0.248 e. The molecule has 1 aliphatic heterocycles. The predicted molar refractivity (Wildman–Crippen MR) is 59.8 cm³/mol. The summed E-state index contributed by atoms with van der Waals surface area (Å²) in [5, 5.41) is 14.5. The lowest BCUT2D eigenvalue weighted by atomic mass is 10.1. The van der Waals surface area contributed by atoms with E-state index in [0.29, 0.717) is 0 Å². The van der Waals surface area contributed by atoms with Gasteiger partial charge in [-0.1, -0.05) is 4.49 Å². The number of hydrogen-bond donors (Lipinski definition) is 1. The molecule has 2 aromatic heterocycles. The highest BCUT2D eigenvalue weighted by atomic mass is 32.2. The molecule has 0 spiro atoms. The van der Waals surface area contributed by atoms with Crippen molar-refractivity contribution in [1.29, 1.82) is 0 Å². The second kappa shape index (κ2) is 3.59. The van der Waals surface area contributed by atoms with Crippen molar-refractivity contribution in [3.05, 3.63) is 21.6 Å². The molecule has 3 heterocycles. The van der Waals surface area contributed by atoms with Crippen LogP contribution in [0.15, 0.2) is 15.9 Å². The Morgan fingerprint density at radius 2 is 2.33 bits per heavy atom. The lowest BCUT2D eigenvalue weighted by molar-refractivity contribution is 0.512. The van der Waals surface area contributed by atoms with Gasteiger partial charge in [0.25, 0.3) is 0 Å². The van der Waals surface area contributed by atoms with E-state index in [4.69, 9.17) is 0 Å². The summed E-state index contributed by atoms with van der Waals surface area (Å²) in [4.78, 5) is 4.39. The fraction of sp³-hybridized carbons (Fsp3) is 0.167. The van der Waals surface area contributed by atoms with Gasteiger partial charge >= 0.3 is 0 Å². The summed E-state index contributed by atoms with van der Waals surface area (Å²) in [6.07, 6.45) is 0. The van der Waals surface area contributed by atoms with E-state index in [1.54, 1.807) is 11.1 Å². The van der Waals surface area contributed by atoms with Crippen molar-refractivity contribution >= 4 is 40.4 Å². The maximum absolute atomic E-state index is 4.39. The molecule has 0 aromatic carbocycles. The highest BCUT2D eigenvalue weighted by Gasteiger charge is 2.41.